The highest BCUT2D eigenvalue weighted by molar-refractivity contribution is 6.14. The molecule has 0 unspecified atom stereocenters. The lowest BCUT2D eigenvalue weighted by Crippen LogP contribution is -2.09. The van der Waals surface area contributed by atoms with E-state index in [0.717, 1.165) is 139 Å². The highest BCUT2D eigenvalue weighted by atomic mass is 15.1. The van der Waals surface area contributed by atoms with Gasteiger partial charge in [0.1, 0.15) is 0 Å². The second kappa shape index (κ2) is 32.0. The molecule has 0 aliphatic carbocycles. The molecule has 0 aliphatic heterocycles. The molecule has 0 fully saturated rings. The van der Waals surface area contributed by atoms with E-state index in [-0.39, 0.29) is 17.1 Å². The molecule has 0 radical (unpaired) electrons. The maximum atomic E-state index is 8.95. The van der Waals surface area contributed by atoms with E-state index >= 15 is 0 Å². The van der Waals surface area contributed by atoms with Crippen molar-refractivity contribution in [3.63, 3.8) is 0 Å². The van der Waals surface area contributed by atoms with Crippen molar-refractivity contribution in [3.05, 3.63) is 497 Å². The summed E-state index contributed by atoms with van der Waals surface area (Å²) in [7, 11) is 0. The summed E-state index contributed by atoms with van der Waals surface area (Å²) in [4.78, 5) is 3.49. The average Bonchev–Trinajstić information content (AvgIpc) is 1.51. The monoisotopic (exact) mass is 1620 g/mol. The number of hydrogen-bond donors (Lipinski definition) is 0. The minimum Gasteiger partial charge on any atom is -0.311 e. The van der Waals surface area contributed by atoms with E-state index in [0.29, 0.717) is 0 Å². The van der Waals surface area contributed by atoms with Crippen molar-refractivity contribution in [2.75, 3.05) is 9.80 Å². The van der Waals surface area contributed by atoms with Gasteiger partial charge in [0.05, 0.1) is 57.8 Å². The van der Waals surface area contributed by atoms with Gasteiger partial charge in [-0.3, -0.25) is 0 Å². The normalized spacial score (nSPS) is 12.6. The highest BCUT2D eigenvalue weighted by Crippen LogP contribution is 2.46. The zero-order valence-corrected chi connectivity index (χ0v) is 68.3. The molecular weight excluding hydrogens is 1530 g/mol. The van der Waals surface area contributed by atoms with Gasteiger partial charge in [-0.25, -0.2) is 0 Å². The number of anilines is 6. The maximum Gasteiger partial charge on any atom is 0.0645 e. The maximum absolute atomic E-state index is 8.95. The van der Waals surface area contributed by atoms with Gasteiger partial charge in [-0.1, -0.05) is 279 Å². The van der Waals surface area contributed by atoms with Gasteiger partial charge in [-0.2, -0.15) is 0 Å². The molecule has 0 bridgehead atoms. The molecule has 0 amide bonds. The minimum absolute atomic E-state index is 0.220. The fourth-order valence-corrected chi connectivity index (χ4v) is 18.6. The lowest BCUT2D eigenvalue weighted by molar-refractivity contribution is 1.18. The largest absolute Gasteiger partial charge is 0.311 e. The van der Waals surface area contributed by atoms with Crippen LogP contribution >= 0.6 is 0 Å². The van der Waals surface area contributed by atoms with Crippen LogP contribution in [0.2, 0.25) is 0 Å². The van der Waals surface area contributed by atoms with E-state index in [1.807, 2.05) is 48.5 Å². The number of benzene rings is 20. The van der Waals surface area contributed by atoms with Crippen molar-refractivity contribution >= 4 is 121 Å². The van der Waals surface area contributed by atoms with Crippen LogP contribution in [0.3, 0.4) is 0 Å². The van der Waals surface area contributed by atoms with Crippen LogP contribution in [-0.2, 0) is 0 Å². The Labute approximate surface area is 745 Å². The lowest BCUT2D eigenvalue weighted by Gasteiger charge is -2.25. The third-order valence-corrected chi connectivity index (χ3v) is 24.3. The molecule has 4 aromatic heterocycles. The molecule has 0 spiro atoms. The molecular formula is C120H82N6. The molecule has 0 saturated heterocycles. The predicted molar refractivity (Wildman–Crippen MR) is 532 cm³/mol. The van der Waals surface area contributed by atoms with Gasteiger partial charge in [-0.15, -0.1) is 0 Å². The zero-order valence-electron chi connectivity index (χ0n) is 78.3. The number of fused-ring (bicyclic) bond motifs is 12. The van der Waals surface area contributed by atoms with Crippen LogP contribution in [0.4, 0.5) is 34.1 Å². The van der Waals surface area contributed by atoms with Crippen molar-refractivity contribution in [1.82, 2.24) is 18.3 Å². The molecule has 20 aromatic carbocycles. The third kappa shape index (κ3) is 13.5. The number of nitrogens with zero attached hydrogens (tertiary/aromatic N) is 6. The molecule has 0 atom stereocenters. The van der Waals surface area contributed by atoms with E-state index in [2.05, 4.69) is 399 Å². The lowest BCUT2D eigenvalue weighted by atomic mass is 9.92. The summed E-state index contributed by atoms with van der Waals surface area (Å²) in [5.74, 6) is 0. The molecule has 0 saturated carbocycles. The molecule has 0 N–H and O–H groups in total. The first kappa shape index (κ1) is 64.1. The Morgan fingerprint density at radius 2 is 0.365 bits per heavy atom. The Balaban J connectivity index is 0.000000155. The second-order valence-electron chi connectivity index (χ2n) is 31.7. The summed E-state index contributed by atoms with van der Waals surface area (Å²) in [6.45, 7) is 0. The first-order chi connectivity index (χ1) is 66.6. The molecule has 6 heteroatoms. The number of rotatable bonds is 16. The Hall–Kier alpha value is -16.8. The van der Waals surface area contributed by atoms with Gasteiger partial charge in [0.25, 0.3) is 0 Å². The Kier molecular flexibility index (Phi) is 16.3. The van der Waals surface area contributed by atoms with Crippen LogP contribution in [0.5, 0.6) is 0 Å². The van der Waals surface area contributed by atoms with E-state index < -0.39 is 60.4 Å². The van der Waals surface area contributed by atoms with Crippen LogP contribution < -0.4 is 9.80 Å². The summed E-state index contributed by atoms with van der Waals surface area (Å²) in [5, 5.41) is 9.43. The minimum atomic E-state index is -0.625. The summed E-state index contributed by atoms with van der Waals surface area (Å²) < 4.78 is 95.9. The summed E-state index contributed by atoms with van der Waals surface area (Å²) in [5.41, 5.74) is 28.9. The van der Waals surface area contributed by atoms with Gasteiger partial charge in [0, 0.05) is 100.0 Å². The summed E-state index contributed by atoms with van der Waals surface area (Å²) >= 11 is 0. The van der Waals surface area contributed by atoms with Crippen LogP contribution in [0.15, 0.2) is 497 Å². The summed E-state index contributed by atoms with van der Waals surface area (Å²) in [6.07, 6.45) is 0. The molecule has 592 valence electrons. The van der Waals surface area contributed by atoms with Gasteiger partial charge in [-0.05, 0) is 285 Å². The van der Waals surface area contributed by atoms with Crippen molar-refractivity contribution in [2.24, 2.45) is 0 Å². The molecule has 24 rings (SSSR count). The summed E-state index contributed by atoms with van der Waals surface area (Å²) in [6, 6.07) is 148. The van der Waals surface area contributed by atoms with Crippen LogP contribution in [-0.4, -0.2) is 18.3 Å². The van der Waals surface area contributed by atoms with Gasteiger partial charge in [0.2, 0.25) is 0 Å². The van der Waals surface area contributed by atoms with Crippen molar-refractivity contribution in [2.45, 2.75) is 0 Å². The molecule has 6 nitrogen and oxygen atoms in total. The SMILES string of the molecule is [2H]c1c([2H])c([2H])c(N(c2ccc(-c3cc(-c4ccc5c(c4)c4ccccc4n5-c4ccccc4)cc(-c4ccc5c(c4)c4ccccc4n5-c4ccccc4)c3)cc2)c2c([2H])c([2H])c([2H])c([2H])c2[2H])c([2H])c1[2H].c1ccc(N(c2ccccc2)c2ccc(-c3cc(-c4ccc5c6ccccc6n(-c6ccccc6)c5c4)cc(-c4ccc5c6ccccc6n(-c6ccccc6)c5c4)c3)cc2)cc1. The van der Waals surface area contributed by atoms with Crippen LogP contribution in [0.25, 0.3) is 177 Å². The second-order valence-corrected chi connectivity index (χ2v) is 31.7. The Morgan fingerprint density at radius 1 is 0.143 bits per heavy atom. The van der Waals surface area contributed by atoms with Crippen molar-refractivity contribution in [3.8, 4) is 89.5 Å². The first-order valence-electron chi connectivity index (χ1n) is 47.4. The van der Waals surface area contributed by atoms with E-state index in [9.17, 15) is 0 Å². The van der Waals surface area contributed by atoms with Gasteiger partial charge < -0.3 is 28.1 Å². The standard InChI is InChI=1S/2C60H41N3/c1-5-17-48(18-6-1)61(49-19-7-2-8-20-49)52-33-29-42(30-34-52)45-37-46(43-31-35-59-55(40-43)53-25-13-15-27-57(53)62(59)50-21-9-3-10-22-50)39-47(38-45)44-32-36-60-56(41-44)54-26-14-16-28-58(54)63(60)51-23-11-4-12-24-51;1-5-17-48(18-6-1)61(49-19-7-2-8-20-49)52-33-29-42(30-34-52)45-37-46(43-31-35-55-53-25-13-15-27-57(53)62(59(55)40-43)50-21-9-3-10-22-50)39-47(38-45)44-32-36-56-54-26-14-16-28-58(54)63(60(56)41-44)51-23-11-4-12-24-51/h2*1-41H/i1D,2D,5D,6D,7D,8D,17D,18D,19D,20D;. The predicted octanol–water partition coefficient (Wildman–Crippen LogP) is 32.7. The van der Waals surface area contributed by atoms with Gasteiger partial charge in [0.15, 0.2) is 0 Å². The van der Waals surface area contributed by atoms with Crippen molar-refractivity contribution < 1.29 is 13.7 Å². The number of para-hydroxylation sites is 12. The highest BCUT2D eigenvalue weighted by Gasteiger charge is 2.23. The average molecular weight is 1620 g/mol. The molecule has 126 heavy (non-hydrogen) atoms. The Bertz CT molecular complexity index is 8310. The number of hydrogen-bond acceptors (Lipinski definition) is 2. The Morgan fingerprint density at radius 3 is 0.690 bits per heavy atom. The van der Waals surface area contributed by atoms with Gasteiger partial charge >= 0.3 is 0 Å². The van der Waals surface area contributed by atoms with E-state index in [1.54, 1.807) is 12.1 Å². The van der Waals surface area contributed by atoms with Crippen LogP contribution in [0.1, 0.15) is 13.7 Å². The smallest absolute Gasteiger partial charge is 0.0645 e. The van der Waals surface area contributed by atoms with Crippen LogP contribution in [0, 0.1) is 0 Å². The fourth-order valence-electron chi connectivity index (χ4n) is 18.6. The quantitative estimate of drug-likeness (QED) is 0.0964. The fraction of sp³-hybridized carbons (Fsp3) is 0. The topological polar surface area (TPSA) is 26.2 Å². The third-order valence-electron chi connectivity index (χ3n) is 24.3. The van der Waals surface area contributed by atoms with Crippen molar-refractivity contribution in [1.29, 1.82) is 0 Å². The molecule has 0 aliphatic rings. The molecule has 24 aromatic rings. The molecule has 4 heterocycles. The first-order valence-corrected chi connectivity index (χ1v) is 42.4. The van der Waals surface area contributed by atoms with E-state index in [1.165, 1.54) is 59.6 Å². The zero-order chi connectivity index (χ0) is 92.1. The van der Waals surface area contributed by atoms with E-state index in [4.69, 9.17) is 13.7 Å². The number of aromatic nitrogens is 4.